The van der Waals surface area contributed by atoms with E-state index in [9.17, 15) is 12.8 Å². The number of nitrogens with one attached hydrogen (secondary N) is 2. The number of hydrogen-bond acceptors (Lipinski definition) is 8. The highest BCUT2D eigenvalue weighted by Crippen LogP contribution is 2.23. The number of alkyl halides is 1. The third kappa shape index (κ3) is 6.09. The quantitative estimate of drug-likeness (QED) is 0.514. The molecule has 0 aromatic carbocycles. The van der Waals surface area contributed by atoms with Crippen LogP contribution in [0.3, 0.4) is 0 Å². The Morgan fingerprint density at radius 3 is 2.54 bits per heavy atom. The molecule has 0 radical (unpaired) electrons. The van der Waals surface area contributed by atoms with Crippen molar-refractivity contribution in [2.75, 3.05) is 10.1 Å². The predicted molar refractivity (Wildman–Crippen MR) is 109 cm³/mol. The highest BCUT2D eigenvalue weighted by molar-refractivity contribution is 7.92. The highest BCUT2D eigenvalue weighted by Gasteiger charge is 2.24. The van der Waals surface area contributed by atoms with E-state index in [0.717, 1.165) is 18.3 Å². The number of thiazole rings is 1. The van der Waals surface area contributed by atoms with Crippen LogP contribution in [0.15, 0.2) is 18.6 Å². The van der Waals surface area contributed by atoms with Crippen LogP contribution in [0.4, 0.5) is 10.1 Å². The van der Waals surface area contributed by atoms with Gasteiger partial charge in [-0.2, -0.15) is 5.10 Å². The third-order valence-corrected chi connectivity index (χ3v) is 6.03. The van der Waals surface area contributed by atoms with Gasteiger partial charge in [0, 0.05) is 13.2 Å². The minimum absolute atomic E-state index is 0.0310. The minimum atomic E-state index is -3.56. The molecule has 2 aromatic rings. The Balaban J connectivity index is 0.00000190. The molecule has 2 N–H and O–H groups in total. The smallest absolute Gasteiger partial charge is 0.235 e. The van der Waals surface area contributed by atoms with Crippen LogP contribution in [-0.4, -0.2) is 46.9 Å². The summed E-state index contributed by atoms with van der Waals surface area (Å²) in [7, 11) is -1.88. The van der Waals surface area contributed by atoms with Crippen LogP contribution in [0.25, 0.3) is 0 Å². The Morgan fingerprint density at radius 1 is 1.39 bits per heavy atom. The number of sulfonamides is 1. The van der Waals surface area contributed by atoms with E-state index >= 15 is 0 Å². The summed E-state index contributed by atoms with van der Waals surface area (Å²) in [5, 5.41) is 19.5. The summed E-state index contributed by atoms with van der Waals surface area (Å²) in [4.78, 5) is 4.38. The molecular formula is C16H25FN6O3S2. The van der Waals surface area contributed by atoms with Crippen LogP contribution in [-0.2, 0) is 28.4 Å². The molecule has 0 saturated heterocycles. The summed E-state index contributed by atoms with van der Waals surface area (Å²) < 4.78 is 45.3. The molecule has 28 heavy (non-hydrogen) atoms. The van der Waals surface area contributed by atoms with E-state index < -0.39 is 28.0 Å². The van der Waals surface area contributed by atoms with Crippen molar-refractivity contribution in [1.29, 1.82) is 10.8 Å². The van der Waals surface area contributed by atoms with Crippen molar-refractivity contribution < 1.29 is 17.5 Å². The van der Waals surface area contributed by atoms with Gasteiger partial charge in [0.05, 0.1) is 30.4 Å². The molecule has 12 heteroatoms. The summed E-state index contributed by atoms with van der Waals surface area (Å²) in [5.41, 5.74) is 0.408. The fraction of sp³-hybridized carbons (Fsp3) is 0.500. The van der Waals surface area contributed by atoms with Crippen molar-refractivity contribution in [2.24, 2.45) is 7.05 Å². The summed E-state index contributed by atoms with van der Waals surface area (Å²) >= 11 is 1.04. The van der Waals surface area contributed by atoms with Gasteiger partial charge in [0.15, 0.2) is 6.17 Å². The highest BCUT2D eigenvalue weighted by atomic mass is 32.2. The van der Waals surface area contributed by atoms with Crippen molar-refractivity contribution in [1.82, 2.24) is 14.8 Å². The van der Waals surface area contributed by atoms with Gasteiger partial charge in [-0.15, -0.1) is 11.3 Å². The zero-order chi connectivity index (χ0) is 21.5. The molecule has 2 aromatic heterocycles. The number of hydrogen-bond donors (Lipinski definition) is 2. The van der Waals surface area contributed by atoms with Gasteiger partial charge in [0.25, 0.3) is 0 Å². The standard InChI is InChI=1S/C14H19FN6O3S2.C2H6/c1-4-26(22,23)21(10-5-19-20(3)7-10)8-12-18-6-11(25-12)14(17)24-13(16)9(2)15;1-2/h5-7,9,16-17H,4,8H2,1-3H3;1-2H3. The summed E-state index contributed by atoms with van der Waals surface area (Å²) in [5.74, 6) is -1.17. The van der Waals surface area contributed by atoms with Gasteiger partial charge in [-0.05, 0) is 13.8 Å². The predicted octanol–water partition coefficient (Wildman–Crippen LogP) is 2.94. The van der Waals surface area contributed by atoms with Gasteiger partial charge in [0.2, 0.25) is 21.8 Å². The van der Waals surface area contributed by atoms with Crippen molar-refractivity contribution in [3.8, 4) is 0 Å². The first-order chi connectivity index (χ1) is 13.1. The molecule has 0 aliphatic rings. The van der Waals surface area contributed by atoms with Gasteiger partial charge >= 0.3 is 0 Å². The first kappa shape index (κ1) is 23.7. The minimum Gasteiger partial charge on any atom is -0.421 e. The van der Waals surface area contributed by atoms with E-state index in [-0.39, 0.29) is 17.2 Å². The lowest BCUT2D eigenvalue weighted by molar-refractivity contribution is 0.384. The second kappa shape index (κ2) is 10.3. The number of rotatable bonds is 7. The maximum absolute atomic E-state index is 13.0. The van der Waals surface area contributed by atoms with E-state index in [1.54, 1.807) is 20.2 Å². The van der Waals surface area contributed by atoms with E-state index in [0.29, 0.717) is 10.7 Å². The van der Waals surface area contributed by atoms with Crippen molar-refractivity contribution >= 4 is 38.8 Å². The van der Waals surface area contributed by atoms with Crippen molar-refractivity contribution in [3.05, 3.63) is 28.5 Å². The molecule has 1 unspecified atom stereocenters. The van der Waals surface area contributed by atoms with E-state index in [4.69, 9.17) is 15.6 Å². The first-order valence-electron chi connectivity index (χ1n) is 8.57. The molecule has 1 atom stereocenters. The van der Waals surface area contributed by atoms with Crippen molar-refractivity contribution in [3.63, 3.8) is 0 Å². The topological polar surface area (TPSA) is 125 Å². The Morgan fingerprint density at radius 2 is 2.04 bits per heavy atom. The third-order valence-electron chi connectivity index (χ3n) is 3.31. The lowest BCUT2D eigenvalue weighted by Gasteiger charge is -2.20. The lowest BCUT2D eigenvalue weighted by atomic mass is 10.4. The van der Waals surface area contributed by atoms with Gasteiger partial charge < -0.3 is 4.74 Å². The fourth-order valence-electron chi connectivity index (χ4n) is 1.90. The molecule has 9 nitrogen and oxygen atoms in total. The number of anilines is 1. The zero-order valence-electron chi connectivity index (χ0n) is 16.4. The van der Waals surface area contributed by atoms with Crippen LogP contribution in [0.1, 0.15) is 37.6 Å². The van der Waals surface area contributed by atoms with Gasteiger partial charge in [-0.1, -0.05) is 13.8 Å². The second-order valence-electron chi connectivity index (χ2n) is 5.31. The maximum Gasteiger partial charge on any atom is 0.235 e. The largest absolute Gasteiger partial charge is 0.421 e. The first-order valence-corrected chi connectivity index (χ1v) is 11.0. The molecule has 2 heterocycles. The van der Waals surface area contributed by atoms with E-state index in [1.165, 1.54) is 21.4 Å². The van der Waals surface area contributed by atoms with Crippen LogP contribution in [0, 0.1) is 10.8 Å². The van der Waals surface area contributed by atoms with Crippen LogP contribution >= 0.6 is 11.3 Å². The van der Waals surface area contributed by atoms with E-state index in [2.05, 4.69) is 10.1 Å². The number of nitrogens with zero attached hydrogens (tertiary/aromatic N) is 4. The monoisotopic (exact) mass is 432 g/mol. The Bertz CT molecular complexity index is 907. The fourth-order valence-corrected chi connectivity index (χ4v) is 3.82. The molecule has 0 bridgehead atoms. The molecule has 0 fully saturated rings. The van der Waals surface area contributed by atoms with Crippen molar-refractivity contribution in [2.45, 2.75) is 40.4 Å². The average Bonchev–Trinajstić information content (AvgIpc) is 3.30. The molecule has 0 aliphatic carbocycles. The van der Waals surface area contributed by atoms with Crippen LogP contribution in [0.5, 0.6) is 0 Å². The zero-order valence-corrected chi connectivity index (χ0v) is 18.1. The van der Waals surface area contributed by atoms with Crippen LogP contribution in [0.2, 0.25) is 0 Å². The molecule has 0 spiro atoms. The van der Waals surface area contributed by atoms with Crippen LogP contribution < -0.4 is 4.31 Å². The number of halogens is 1. The lowest BCUT2D eigenvalue weighted by Crippen LogP contribution is -2.31. The summed E-state index contributed by atoms with van der Waals surface area (Å²) in [6.07, 6.45) is 2.73. The molecule has 156 valence electrons. The Labute approximate surface area is 168 Å². The number of aryl methyl sites for hydroxylation is 1. The van der Waals surface area contributed by atoms with Gasteiger partial charge in [-0.3, -0.25) is 19.8 Å². The second-order valence-corrected chi connectivity index (χ2v) is 8.61. The molecule has 2 rings (SSSR count). The van der Waals surface area contributed by atoms with Gasteiger partial charge in [-0.25, -0.2) is 17.8 Å². The summed E-state index contributed by atoms with van der Waals surface area (Å²) in [6.45, 7) is 6.64. The van der Waals surface area contributed by atoms with Gasteiger partial charge in [0.1, 0.15) is 9.88 Å². The molecule has 0 aliphatic heterocycles. The Hall–Kier alpha value is -2.34. The Kier molecular flexibility index (Phi) is 8.69. The number of ether oxygens (including phenoxy) is 1. The molecular weight excluding hydrogens is 407 g/mol. The SMILES string of the molecule is CC.CCS(=O)(=O)N(Cc1ncc(C(=N)OC(=N)C(C)F)s1)c1cnn(C)c1. The average molecular weight is 433 g/mol. The summed E-state index contributed by atoms with van der Waals surface area (Å²) in [6, 6.07) is 0. The number of aromatic nitrogens is 3. The normalized spacial score (nSPS) is 11.9. The molecule has 0 saturated carbocycles. The maximum atomic E-state index is 13.0. The molecule has 0 amide bonds. The van der Waals surface area contributed by atoms with E-state index in [1.807, 2.05) is 13.8 Å².